The Balaban J connectivity index is 0.00000180. The summed E-state index contributed by atoms with van der Waals surface area (Å²) in [6, 6.07) is 6.11. The lowest BCUT2D eigenvalue weighted by atomic mass is 10.0. The number of hydrogen-bond donors (Lipinski definition) is 2. The summed E-state index contributed by atoms with van der Waals surface area (Å²) in [5.74, 6) is 0.809. The van der Waals surface area contributed by atoms with Gasteiger partial charge >= 0.3 is 0 Å². The van der Waals surface area contributed by atoms with Crippen molar-refractivity contribution in [2.24, 2.45) is 5.92 Å². The van der Waals surface area contributed by atoms with Crippen LogP contribution in [-0.4, -0.2) is 19.0 Å². The summed E-state index contributed by atoms with van der Waals surface area (Å²) in [4.78, 5) is 11.9. The van der Waals surface area contributed by atoms with Crippen molar-refractivity contribution in [3.05, 3.63) is 29.3 Å². The van der Waals surface area contributed by atoms with Crippen molar-refractivity contribution in [1.29, 1.82) is 0 Å². The van der Waals surface area contributed by atoms with Crippen LogP contribution in [0.4, 0.5) is 5.69 Å². The van der Waals surface area contributed by atoms with Crippen LogP contribution < -0.4 is 10.6 Å². The summed E-state index contributed by atoms with van der Waals surface area (Å²) in [6.45, 7) is 6.26. The van der Waals surface area contributed by atoms with Crippen LogP contribution in [0.2, 0.25) is 0 Å². The van der Waals surface area contributed by atoms with E-state index in [-0.39, 0.29) is 18.3 Å². The van der Waals surface area contributed by atoms with Crippen LogP contribution in [0.1, 0.15) is 30.4 Å². The zero-order valence-corrected chi connectivity index (χ0v) is 12.5. The highest BCUT2D eigenvalue weighted by Gasteiger charge is 2.15. The minimum atomic E-state index is 0. The van der Waals surface area contributed by atoms with Crippen LogP contribution in [0.3, 0.4) is 0 Å². The standard InChI is InChI=1S/C15H22N2O.ClH/c1-11-3-5-14(12(2)9-11)17-15(18)6-4-13-7-8-16-10-13;/h3,5,9,13,16H,4,6-8,10H2,1-2H3,(H,17,18);1H. The van der Waals surface area contributed by atoms with Crippen molar-refractivity contribution in [2.75, 3.05) is 18.4 Å². The molecule has 4 heteroatoms. The number of carbonyl (C=O) groups excluding carboxylic acids is 1. The van der Waals surface area contributed by atoms with Crippen molar-refractivity contribution < 1.29 is 4.79 Å². The monoisotopic (exact) mass is 282 g/mol. The molecule has 0 spiro atoms. The maximum atomic E-state index is 11.9. The molecule has 3 nitrogen and oxygen atoms in total. The molecule has 1 amide bonds. The molecule has 106 valence electrons. The molecule has 1 aliphatic rings. The molecule has 0 saturated carbocycles. The molecule has 1 heterocycles. The molecular formula is C15H23ClN2O. The number of anilines is 1. The first kappa shape index (κ1) is 16.0. The molecule has 1 saturated heterocycles. The van der Waals surface area contributed by atoms with Gasteiger partial charge in [-0.05, 0) is 57.3 Å². The quantitative estimate of drug-likeness (QED) is 0.891. The maximum absolute atomic E-state index is 11.9. The van der Waals surface area contributed by atoms with Gasteiger partial charge in [-0.2, -0.15) is 0 Å². The van der Waals surface area contributed by atoms with E-state index >= 15 is 0 Å². The Morgan fingerprint density at radius 1 is 1.42 bits per heavy atom. The highest BCUT2D eigenvalue weighted by molar-refractivity contribution is 5.91. The molecule has 1 aliphatic heterocycles. The van der Waals surface area contributed by atoms with Crippen molar-refractivity contribution in [3.8, 4) is 0 Å². The highest BCUT2D eigenvalue weighted by Crippen LogP contribution is 2.18. The van der Waals surface area contributed by atoms with Crippen molar-refractivity contribution in [2.45, 2.75) is 33.1 Å². The number of amides is 1. The number of hydrogen-bond acceptors (Lipinski definition) is 2. The third kappa shape index (κ3) is 4.84. The van der Waals surface area contributed by atoms with Crippen LogP contribution in [0.15, 0.2) is 18.2 Å². The Morgan fingerprint density at radius 2 is 2.21 bits per heavy atom. The second-order valence-electron chi connectivity index (χ2n) is 5.26. The summed E-state index contributed by atoms with van der Waals surface area (Å²) in [5, 5.41) is 6.33. The van der Waals surface area contributed by atoms with Crippen LogP contribution in [0.5, 0.6) is 0 Å². The van der Waals surface area contributed by atoms with Gasteiger partial charge in [0.05, 0.1) is 0 Å². The van der Waals surface area contributed by atoms with Crippen LogP contribution in [0.25, 0.3) is 0 Å². The van der Waals surface area contributed by atoms with Gasteiger partial charge < -0.3 is 10.6 Å². The molecule has 1 atom stereocenters. The van der Waals surface area contributed by atoms with Crippen LogP contribution in [-0.2, 0) is 4.79 Å². The van der Waals surface area contributed by atoms with Crippen molar-refractivity contribution in [3.63, 3.8) is 0 Å². The van der Waals surface area contributed by atoms with Gasteiger partial charge in [-0.1, -0.05) is 17.7 Å². The first-order valence-electron chi connectivity index (χ1n) is 6.73. The molecular weight excluding hydrogens is 260 g/mol. The normalized spacial score (nSPS) is 17.9. The van der Waals surface area contributed by atoms with Gasteiger partial charge in [-0.25, -0.2) is 0 Å². The molecule has 19 heavy (non-hydrogen) atoms. The average Bonchev–Trinajstić information content (AvgIpc) is 2.83. The second-order valence-corrected chi connectivity index (χ2v) is 5.26. The fraction of sp³-hybridized carbons (Fsp3) is 0.533. The van der Waals surface area contributed by atoms with Gasteiger partial charge in [0.2, 0.25) is 5.91 Å². The SMILES string of the molecule is Cc1ccc(NC(=O)CCC2CCNC2)c(C)c1.Cl. The molecule has 2 rings (SSSR count). The highest BCUT2D eigenvalue weighted by atomic mass is 35.5. The Bertz CT molecular complexity index is 428. The number of nitrogens with one attached hydrogen (secondary N) is 2. The average molecular weight is 283 g/mol. The lowest BCUT2D eigenvalue weighted by molar-refractivity contribution is -0.116. The molecule has 1 aromatic rings. The molecule has 0 aliphatic carbocycles. The van der Waals surface area contributed by atoms with Crippen LogP contribution >= 0.6 is 12.4 Å². The topological polar surface area (TPSA) is 41.1 Å². The molecule has 1 unspecified atom stereocenters. The van der Waals surface area contributed by atoms with E-state index in [1.54, 1.807) is 0 Å². The van der Waals surface area contributed by atoms with Gasteiger partial charge in [0.15, 0.2) is 0 Å². The number of aryl methyl sites for hydroxylation is 2. The smallest absolute Gasteiger partial charge is 0.224 e. The van der Waals surface area contributed by atoms with Crippen LogP contribution in [0, 0.1) is 19.8 Å². The van der Waals surface area contributed by atoms with E-state index in [4.69, 9.17) is 0 Å². The van der Waals surface area contributed by atoms with E-state index in [1.807, 2.05) is 19.1 Å². The van der Waals surface area contributed by atoms with E-state index in [1.165, 1.54) is 12.0 Å². The largest absolute Gasteiger partial charge is 0.326 e. The first-order valence-corrected chi connectivity index (χ1v) is 6.73. The van der Waals surface area contributed by atoms with Gasteiger partial charge in [0, 0.05) is 12.1 Å². The molecule has 0 bridgehead atoms. The second kappa shape index (κ2) is 7.51. The summed E-state index contributed by atoms with van der Waals surface area (Å²) >= 11 is 0. The summed E-state index contributed by atoms with van der Waals surface area (Å²) in [6.07, 6.45) is 2.82. The lowest BCUT2D eigenvalue weighted by Gasteiger charge is -2.11. The molecule has 0 aromatic heterocycles. The third-order valence-corrected chi connectivity index (χ3v) is 3.60. The van der Waals surface area contributed by atoms with E-state index < -0.39 is 0 Å². The van der Waals surface area contributed by atoms with Crippen molar-refractivity contribution >= 4 is 24.0 Å². The van der Waals surface area contributed by atoms with E-state index in [2.05, 4.69) is 23.6 Å². The Kier molecular flexibility index (Phi) is 6.32. The predicted octanol–water partition coefficient (Wildman–Crippen LogP) is 3.05. The third-order valence-electron chi connectivity index (χ3n) is 3.60. The minimum absolute atomic E-state index is 0. The molecule has 0 radical (unpaired) electrons. The van der Waals surface area contributed by atoms with Gasteiger partial charge in [-0.15, -0.1) is 12.4 Å². The minimum Gasteiger partial charge on any atom is -0.326 e. The fourth-order valence-corrected chi connectivity index (χ4v) is 2.46. The van der Waals surface area contributed by atoms with Gasteiger partial charge in [-0.3, -0.25) is 4.79 Å². The number of benzene rings is 1. The summed E-state index contributed by atoms with van der Waals surface area (Å²) in [5.41, 5.74) is 3.29. The maximum Gasteiger partial charge on any atom is 0.224 e. The lowest BCUT2D eigenvalue weighted by Crippen LogP contribution is -2.15. The number of halogens is 1. The van der Waals surface area contributed by atoms with Crippen molar-refractivity contribution in [1.82, 2.24) is 5.32 Å². The Labute approximate surface area is 121 Å². The number of rotatable bonds is 4. The van der Waals surface area contributed by atoms with E-state index in [0.29, 0.717) is 12.3 Å². The first-order chi connectivity index (χ1) is 8.65. The Hall–Kier alpha value is -1.06. The summed E-state index contributed by atoms with van der Waals surface area (Å²) in [7, 11) is 0. The molecule has 1 fully saturated rings. The molecule has 1 aromatic carbocycles. The summed E-state index contributed by atoms with van der Waals surface area (Å²) < 4.78 is 0. The zero-order chi connectivity index (χ0) is 13.0. The van der Waals surface area contributed by atoms with Gasteiger partial charge in [0.1, 0.15) is 0 Å². The zero-order valence-electron chi connectivity index (χ0n) is 11.7. The van der Waals surface area contributed by atoms with E-state index in [9.17, 15) is 4.79 Å². The number of carbonyl (C=O) groups is 1. The Morgan fingerprint density at radius 3 is 2.84 bits per heavy atom. The molecule has 2 N–H and O–H groups in total. The fourth-order valence-electron chi connectivity index (χ4n) is 2.46. The van der Waals surface area contributed by atoms with E-state index in [0.717, 1.165) is 30.8 Å². The van der Waals surface area contributed by atoms with Gasteiger partial charge in [0.25, 0.3) is 0 Å². The predicted molar refractivity (Wildman–Crippen MR) is 82.0 cm³/mol.